The number of aryl methyl sites for hydroxylation is 1. The highest BCUT2D eigenvalue weighted by atomic mass is 16.3. The number of aromatic nitrogens is 2. The van der Waals surface area contributed by atoms with E-state index in [9.17, 15) is 14.7 Å². The predicted octanol–water partition coefficient (Wildman–Crippen LogP) is 4.92. The average molecular weight is 460 g/mol. The second-order valence-electron chi connectivity index (χ2n) is 8.99. The first-order valence-electron chi connectivity index (χ1n) is 12.3. The molecule has 178 valence electrons. The maximum absolute atomic E-state index is 13.5. The van der Waals surface area contributed by atoms with Gasteiger partial charge < -0.3 is 10.0 Å². The molecule has 2 atom stereocenters. The number of hydrogen-bond donors (Lipinski definition) is 1. The van der Waals surface area contributed by atoms with Gasteiger partial charge in [0.05, 0.1) is 6.04 Å². The molecule has 0 unspecified atom stereocenters. The Morgan fingerprint density at radius 2 is 1.76 bits per heavy atom. The molecule has 1 saturated heterocycles. The summed E-state index contributed by atoms with van der Waals surface area (Å²) < 4.78 is 1.71. The van der Waals surface area contributed by atoms with Crippen molar-refractivity contribution in [2.45, 2.75) is 57.9 Å². The second kappa shape index (κ2) is 10.7. The van der Waals surface area contributed by atoms with Crippen LogP contribution in [0.3, 0.4) is 0 Å². The summed E-state index contributed by atoms with van der Waals surface area (Å²) in [6.45, 7) is 5.18. The second-order valence-corrected chi connectivity index (χ2v) is 8.99. The van der Waals surface area contributed by atoms with Gasteiger partial charge in [0.25, 0.3) is 11.5 Å². The van der Waals surface area contributed by atoms with Crippen molar-refractivity contribution in [1.29, 1.82) is 0 Å². The van der Waals surface area contributed by atoms with Crippen LogP contribution in [0, 0.1) is 0 Å². The van der Waals surface area contributed by atoms with E-state index < -0.39 is 11.5 Å². The van der Waals surface area contributed by atoms with Gasteiger partial charge in [-0.2, -0.15) is 4.98 Å². The molecule has 1 fully saturated rings. The normalized spacial score (nSPS) is 16.5. The Bertz CT molecular complexity index is 1170. The zero-order valence-electron chi connectivity index (χ0n) is 20.0. The molecule has 1 amide bonds. The molecule has 3 aromatic rings. The fourth-order valence-corrected chi connectivity index (χ4v) is 4.93. The summed E-state index contributed by atoms with van der Waals surface area (Å²) in [5, 5.41) is 11.4. The van der Waals surface area contributed by atoms with Crippen LogP contribution in [0.1, 0.15) is 78.8 Å². The van der Waals surface area contributed by atoms with Crippen molar-refractivity contribution < 1.29 is 9.90 Å². The largest absolute Gasteiger partial charge is 0.494 e. The number of carbonyl (C=O) groups excluding carboxylic acids is 1. The molecule has 1 aliphatic rings. The summed E-state index contributed by atoms with van der Waals surface area (Å²) in [5.74, 6) is 0.0429. The van der Waals surface area contributed by atoms with Crippen LogP contribution in [0.2, 0.25) is 0 Å². The highest BCUT2D eigenvalue weighted by Gasteiger charge is 2.33. The van der Waals surface area contributed by atoms with Gasteiger partial charge in [0.1, 0.15) is 5.82 Å². The molecule has 0 radical (unpaired) electrons. The molecule has 0 spiro atoms. The van der Waals surface area contributed by atoms with E-state index in [-0.39, 0.29) is 23.4 Å². The first-order valence-corrected chi connectivity index (χ1v) is 12.3. The van der Waals surface area contributed by atoms with Gasteiger partial charge in [0, 0.05) is 25.4 Å². The lowest BCUT2D eigenvalue weighted by molar-refractivity contribution is 0.0783. The summed E-state index contributed by atoms with van der Waals surface area (Å²) >= 11 is 0. The molecule has 6 nitrogen and oxygen atoms in total. The van der Waals surface area contributed by atoms with Gasteiger partial charge in [-0.25, -0.2) is 0 Å². The number of unbranched alkanes of at least 4 members (excludes halogenated alkanes) is 1. The number of likely N-dealkylation sites (tertiary alicyclic amines) is 1. The van der Waals surface area contributed by atoms with E-state index in [1.54, 1.807) is 9.47 Å². The molecule has 2 heterocycles. The predicted molar refractivity (Wildman–Crippen MR) is 133 cm³/mol. The third-order valence-electron chi connectivity index (χ3n) is 6.77. The monoisotopic (exact) mass is 459 g/mol. The first-order chi connectivity index (χ1) is 16.5. The zero-order chi connectivity index (χ0) is 24.1. The summed E-state index contributed by atoms with van der Waals surface area (Å²) in [5.41, 5.74) is 1.33. The maximum atomic E-state index is 13.5. The van der Waals surface area contributed by atoms with E-state index in [4.69, 9.17) is 0 Å². The van der Waals surface area contributed by atoms with Gasteiger partial charge >= 0.3 is 0 Å². The van der Waals surface area contributed by atoms with Crippen molar-refractivity contribution in [3.05, 3.63) is 93.5 Å². The van der Waals surface area contributed by atoms with Crippen LogP contribution < -0.4 is 5.56 Å². The van der Waals surface area contributed by atoms with Crippen LogP contribution in [0.4, 0.5) is 0 Å². The van der Waals surface area contributed by atoms with Crippen molar-refractivity contribution in [1.82, 2.24) is 14.5 Å². The zero-order valence-corrected chi connectivity index (χ0v) is 20.0. The van der Waals surface area contributed by atoms with Crippen LogP contribution in [0.25, 0.3) is 0 Å². The van der Waals surface area contributed by atoms with E-state index in [1.807, 2.05) is 55.5 Å². The Morgan fingerprint density at radius 1 is 1.09 bits per heavy atom. The molecule has 1 aromatic heterocycles. The number of aromatic hydroxyl groups is 1. The Morgan fingerprint density at radius 3 is 2.41 bits per heavy atom. The SMILES string of the molecule is CCCCc1nc(=O)c(C(=O)N2CC[C@@H](c3ccccc3)C2)c(O)n1[C@H](CC)c1ccccc1. The Balaban J connectivity index is 1.72. The lowest BCUT2D eigenvalue weighted by atomic mass is 9.99. The molecule has 1 aliphatic heterocycles. The summed E-state index contributed by atoms with van der Waals surface area (Å²) in [6.07, 6.45) is 3.86. The van der Waals surface area contributed by atoms with Gasteiger partial charge in [-0.1, -0.05) is 80.9 Å². The van der Waals surface area contributed by atoms with Gasteiger partial charge in [-0.15, -0.1) is 0 Å². The van der Waals surface area contributed by atoms with Crippen LogP contribution >= 0.6 is 0 Å². The van der Waals surface area contributed by atoms with Gasteiger partial charge in [0.2, 0.25) is 5.88 Å². The van der Waals surface area contributed by atoms with Gasteiger partial charge in [0.15, 0.2) is 5.56 Å². The third kappa shape index (κ3) is 4.76. The van der Waals surface area contributed by atoms with Crippen LogP contribution in [-0.4, -0.2) is 38.6 Å². The van der Waals surface area contributed by atoms with E-state index in [1.165, 1.54) is 5.56 Å². The molecule has 34 heavy (non-hydrogen) atoms. The lowest BCUT2D eigenvalue weighted by Crippen LogP contribution is -2.35. The van der Waals surface area contributed by atoms with Crippen molar-refractivity contribution >= 4 is 5.91 Å². The van der Waals surface area contributed by atoms with Crippen molar-refractivity contribution in [2.24, 2.45) is 0 Å². The highest BCUT2D eigenvalue weighted by molar-refractivity contribution is 5.96. The van der Waals surface area contributed by atoms with E-state index in [2.05, 4.69) is 24.0 Å². The van der Waals surface area contributed by atoms with E-state index in [0.717, 1.165) is 24.8 Å². The minimum absolute atomic E-state index is 0.219. The molecule has 6 heteroatoms. The molecule has 1 N–H and O–H groups in total. The van der Waals surface area contributed by atoms with Gasteiger partial charge in [-0.3, -0.25) is 14.2 Å². The third-order valence-corrected chi connectivity index (χ3v) is 6.77. The average Bonchev–Trinajstić information content (AvgIpc) is 3.36. The van der Waals surface area contributed by atoms with Crippen LogP contribution in [-0.2, 0) is 6.42 Å². The fraction of sp³-hybridized carbons (Fsp3) is 0.393. The fourth-order valence-electron chi connectivity index (χ4n) is 4.93. The first kappa shape index (κ1) is 23.7. The molecule has 2 aromatic carbocycles. The Labute approximate surface area is 200 Å². The molecular weight excluding hydrogens is 426 g/mol. The quantitative estimate of drug-likeness (QED) is 0.519. The molecule has 0 saturated carbocycles. The van der Waals surface area contributed by atoms with Gasteiger partial charge in [-0.05, 0) is 30.4 Å². The smallest absolute Gasteiger partial charge is 0.289 e. The van der Waals surface area contributed by atoms with Crippen molar-refractivity contribution in [2.75, 3.05) is 13.1 Å². The number of hydrogen-bond acceptors (Lipinski definition) is 4. The molecule has 0 aliphatic carbocycles. The number of carbonyl (C=O) groups is 1. The summed E-state index contributed by atoms with van der Waals surface area (Å²) in [7, 11) is 0. The van der Waals surface area contributed by atoms with Crippen LogP contribution in [0.5, 0.6) is 5.88 Å². The summed E-state index contributed by atoms with van der Waals surface area (Å²) in [6, 6.07) is 19.8. The maximum Gasteiger partial charge on any atom is 0.289 e. The highest BCUT2D eigenvalue weighted by Crippen LogP contribution is 2.32. The molecule has 4 rings (SSSR count). The topological polar surface area (TPSA) is 75.4 Å². The Kier molecular flexibility index (Phi) is 7.46. The van der Waals surface area contributed by atoms with Crippen molar-refractivity contribution in [3.63, 3.8) is 0 Å². The molecular formula is C28H33N3O3. The van der Waals surface area contributed by atoms with Crippen LogP contribution in [0.15, 0.2) is 65.5 Å². The van der Waals surface area contributed by atoms with E-state index >= 15 is 0 Å². The standard InChI is InChI=1S/C28H33N3O3/c1-3-5-16-24-29-26(32)25(28(34)31(24)23(4-2)21-14-10-7-11-15-21)27(33)30-18-17-22(19-30)20-12-8-6-9-13-20/h6-15,22-23,34H,3-5,16-19H2,1-2H3/t22-,23-/m1/s1. The minimum atomic E-state index is -0.643. The molecule has 0 bridgehead atoms. The van der Waals surface area contributed by atoms with E-state index in [0.29, 0.717) is 31.8 Å². The minimum Gasteiger partial charge on any atom is -0.494 e. The number of benzene rings is 2. The Hall–Kier alpha value is -3.41. The number of rotatable bonds is 8. The summed E-state index contributed by atoms with van der Waals surface area (Å²) in [4.78, 5) is 32.6. The number of amides is 1. The number of nitrogens with zero attached hydrogens (tertiary/aromatic N) is 3. The lowest BCUT2D eigenvalue weighted by Gasteiger charge is -2.26. The van der Waals surface area contributed by atoms with Crippen molar-refractivity contribution in [3.8, 4) is 5.88 Å².